The van der Waals surface area contributed by atoms with Crippen molar-refractivity contribution in [2.24, 2.45) is 11.3 Å². The van der Waals surface area contributed by atoms with Gasteiger partial charge in [-0.3, -0.25) is 9.59 Å². The fourth-order valence-corrected chi connectivity index (χ4v) is 4.18. The van der Waals surface area contributed by atoms with Crippen LogP contribution in [0, 0.1) is 11.3 Å². The van der Waals surface area contributed by atoms with Gasteiger partial charge in [0.2, 0.25) is 5.91 Å². The summed E-state index contributed by atoms with van der Waals surface area (Å²) in [5.41, 5.74) is -1.36. The summed E-state index contributed by atoms with van der Waals surface area (Å²) in [5, 5.41) is 14.9. The Kier molecular flexibility index (Phi) is 6.58. The predicted molar refractivity (Wildman–Crippen MR) is 109 cm³/mol. The molecule has 2 fully saturated rings. The van der Waals surface area contributed by atoms with Crippen LogP contribution >= 0.6 is 0 Å². The lowest BCUT2D eigenvalue weighted by Gasteiger charge is -2.36. The first kappa shape index (κ1) is 23.8. The number of carboxylic acids is 1. The lowest BCUT2D eigenvalue weighted by molar-refractivity contribution is -0.145. The van der Waals surface area contributed by atoms with E-state index in [1.165, 1.54) is 16.8 Å². The molecule has 0 spiro atoms. The van der Waals surface area contributed by atoms with E-state index < -0.39 is 41.1 Å². The number of rotatable bonds is 3. The van der Waals surface area contributed by atoms with Gasteiger partial charge < -0.3 is 30.3 Å². The van der Waals surface area contributed by atoms with Crippen LogP contribution in [-0.4, -0.2) is 82.8 Å². The van der Waals surface area contributed by atoms with Gasteiger partial charge in [0, 0.05) is 20.1 Å². The predicted octanol–water partition coefficient (Wildman–Crippen LogP) is 1.25. The van der Waals surface area contributed by atoms with E-state index in [1.807, 2.05) is 20.8 Å². The molecule has 4 atom stereocenters. The fourth-order valence-electron chi connectivity index (χ4n) is 4.18. The van der Waals surface area contributed by atoms with Gasteiger partial charge in [0.1, 0.15) is 11.6 Å². The summed E-state index contributed by atoms with van der Waals surface area (Å²) in [7, 11) is 1.49. The Morgan fingerprint density at radius 1 is 1.07 bits per heavy atom. The second-order valence-electron chi connectivity index (χ2n) is 9.98. The molecule has 170 valence electrons. The van der Waals surface area contributed by atoms with Crippen LogP contribution in [0.5, 0.6) is 0 Å². The third kappa shape index (κ3) is 4.96. The monoisotopic (exact) mass is 426 g/mol. The summed E-state index contributed by atoms with van der Waals surface area (Å²) in [6.07, 6.45) is -0.226. The Bertz CT molecular complexity index is 711. The Morgan fingerprint density at radius 3 is 2.13 bits per heavy atom. The van der Waals surface area contributed by atoms with E-state index in [9.17, 15) is 24.3 Å². The minimum absolute atomic E-state index is 0.0355. The SMILES string of the molecule is CNC(=O)N1CC(C(=O)O)C2C1CCN2C(=O)C(NC(=O)OC(C)(C)C)C(C)(C)C. The van der Waals surface area contributed by atoms with Crippen molar-refractivity contribution >= 4 is 24.0 Å². The van der Waals surface area contributed by atoms with Crippen LogP contribution in [0.4, 0.5) is 9.59 Å². The molecule has 10 heteroatoms. The molecule has 0 aromatic rings. The molecule has 2 rings (SSSR count). The highest BCUT2D eigenvalue weighted by Crippen LogP contribution is 2.37. The number of carbonyl (C=O) groups is 4. The van der Waals surface area contributed by atoms with E-state index in [-0.39, 0.29) is 24.5 Å². The highest BCUT2D eigenvalue weighted by atomic mass is 16.6. The van der Waals surface area contributed by atoms with Gasteiger partial charge >= 0.3 is 18.1 Å². The number of aliphatic carboxylic acids is 1. The van der Waals surface area contributed by atoms with Crippen LogP contribution in [-0.2, 0) is 14.3 Å². The van der Waals surface area contributed by atoms with Crippen molar-refractivity contribution in [1.29, 1.82) is 0 Å². The molecule has 4 amide bonds. The Hall–Kier alpha value is -2.52. The molecule has 2 aliphatic rings. The number of carbonyl (C=O) groups excluding carboxylic acids is 3. The zero-order valence-electron chi connectivity index (χ0n) is 18.8. The van der Waals surface area contributed by atoms with Gasteiger partial charge in [-0.1, -0.05) is 20.8 Å². The van der Waals surface area contributed by atoms with E-state index in [1.54, 1.807) is 20.8 Å². The summed E-state index contributed by atoms with van der Waals surface area (Å²) < 4.78 is 5.31. The standard InChI is InChI=1S/C20H34N4O6/c1-19(2,3)14(22-18(29)30-20(4,5)6)15(25)23-9-8-12-13(23)11(16(26)27)10-24(12)17(28)21-7/h11-14H,8-10H2,1-7H3,(H,21,28)(H,22,29)(H,26,27). The summed E-state index contributed by atoms with van der Waals surface area (Å²) >= 11 is 0. The van der Waals surface area contributed by atoms with E-state index in [4.69, 9.17) is 4.74 Å². The maximum atomic E-state index is 13.5. The molecule has 10 nitrogen and oxygen atoms in total. The van der Waals surface area contributed by atoms with E-state index in [0.29, 0.717) is 13.0 Å². The second kappa shape index (κ2) is 8.31. The first-order valence-electron chi connectivity index (χ1n) is 10.2. The minimum atomic E-state index is -1.05. The number of amides is 4. The van der Waals surface area contributed by atoms with Crippen LogP contribution in [0.25, 0.3) is 0 Å². The molecule has 0 aromatic heterocycles. The number of hydrogen-bond donors (Lipinski definition) is 3. The molecular weight excluding hydrogens is 392 g/mol. The van der Waals surface area contributed by atoms with Crippen LogP contribution in [0.15, 0.2) is 0 Å². The van der Waals surface area contributed by atoms with Crippen molar-refractivity contribution in [1.82, 2.24) is 20.4 Å². The van der Waals surface area contributed by atoms with Crippen LogP contribution in [0.2, 0.25) is 0 Å². The molecule has 0 saturated carbocycles. The number of alkyl carbamates (subject to hydrolysis) is 1. The van der Waals surface area contributed by atoms with Crippen molar-refractivity contribution in [3.8, 4) is 0 Å². The first-order valence-corrected chi connectivity index (χ1v) is 10.2. The summed E-state index contributed by atoms with van der Waals surface area (Å²) in [6, 6.07) is -2.29. The number of hydrogen-bond acceptors (Lipinski definition) is 5. The Labute approximate surface area is 177 Å². The summed E-state index contributed by atoms with van der Waals surface area (Å²) in [5.74, 6) is -2.31. The summed E-state index contributed by atoms with van der Waals surface area (Å²) in [4.78, 5) is 53.0. The van der Waals surface area contributed by atoms with Gasteiger partial charge in [0.15, 0.2) is 0 Å². The number of ether oxygens (including phenoxy) is 1. The number of likely N-dealkylation sites (tertiary alicyclic amines) is 2. The minimum Gasteiger partial charge on any atom is -0.481 e. The average molecular weight is 427 g/mol. The fraction of sp³-hybridized carbons (Fsp3) is 0.800. The van der Waals surface area contributed by atoms with Crippen LogP contribution in [0.3, 0.4) is 0 Å². The number of carboxylic acid groups (broad SMARTS) is 1. The molecule has 0 radical (unpaired) electrons. The average Bonchev–Trinajstić information content (AvgIpc) is 3.16. The van der Waals surface area contributed by atoms with Gasteiger partial charge in [-0.15, -0.1) is 0 Å². The molecule has 2 heterocycles. The Balaban J connectivity index is 2.29. The topological polar surface area (TPSA) is 128 Å². The molecule has 4 unspecified atom stereocenters. The van der Waals surface area contributed by atoms with Gasteiger partial charge in [-0.2, -0.15) is 0 Å². The lowest BCUT2D eigenvalue weighted by atomic mass is 9.85. The van der Waals surface area contributed by atoms with E-state index in [2.05, 4.69) is 10.6 Å². The third-order valence-corrected chi connectivity index (χ3v) is 5.47. The van der Waals surface area contributed by atoms with Crippen molar-refractivity contribution in [3.05, 3.63) is 0 Å². The molecule has 0 bridgehead atoms. The molecule has 3 N–H and O–H groups in total. The zero-order chi connectivity index (χ0) is 23.0. The number of nitrogens with zero attached hydrogens (tertiary/aromatic N) is 2. The van der Waals surface area contributed by atoms with Gasteiger partial charge in [-0.05, 0) is 32.6 Å². The molecule has 30 heavy (non-hydrogen) atoms. The lowest BCUT2D eigenvalue weighted by Crippen LogP contribution is -2.58. The maximum Gasteiger partial charge on any atom is 0.408 e. The molecule has 2 aliphatic heterocycles. The molecular formula is C20H34N4O6. The van der Waals surface area contributed by atoms with Crippen molar-refractivity contribution in [2.75, 3.05) is 20.1 Å². The van der Waals surface area contributed by atoms with Gasteiger partial charge in [0.25, 0.3) is 0 Å². The smallest absolute Gasteiger partial charge is 0.408 e. The largest absolute Gasteiger partial charge is 0.481 e. The van der Waals surface area contributed by atoms with Crippen molar-refractivity contribution in [2.45, 2.75) is 71.7 Å². The van der Waals surface area contributed by atoms with Gasteiger partial charge in [-0.25, -0.2) is 9.59 Å². The van der Waals surface area contributed by atoms with Crippen molar-refractivity contribution in [3.63, 3.8) is 0 Å². The number of nitrogens with one attached hydrogen (secondary N) is 2. The van der Waals surface area contributed by atoms with Crippen LogP contribution < -0.4 is 10.6 Å². The molecule has 0 aromatic carbocycles. The van der Waals surface area contributed by atoms with Gasteiger partial charge in [0.05, 0.1) is 18.0 Å². The Morgan fingerprint density at radius 2 is 1.67 bits per heavy atom. The zero-order valence-corrected chi connectivity index (χ0v) is 18.8. The third-order valence-electron chi connectivity index (χ3n) is 5.47. The number of fused-ring (bicyclic) bond motifs is 1. The molecule has 2 saturated heterocycles. The molecule has 0 aliphatic carbocycles. The normalized spacial score (nSPS) is 24.8. The highest BCUT2D eigenvalue weighted by molar-refractivity contribution is 5.88. The van der Waals surface area contributed by atoms with Crippen molar-refractivity contribution < 1.29 is 29.0 Å². The van der Waals surface area contributed by atoms with E-state index in [0.717, 1.165) is 0 Å². The second-order valence-corrected chi connectivity index (χ2v) is 9.98. The quantitative estimate of drug-likeness (QED) is 0.623. The van der Waals surface area contributed by atoms with E-state index >= 15 is 0 Å². The highest BCUT2D eigenvalue weighted by Gasteiger charge is 2.55. The maximum absolute atomic E-state index is 13.5. The first-order chi connectivity index (χ1) is 13.7. The number of urea groups is 1. The summed E-state index contributed by atoms with van der Waals surface area (Å²) in [6.45, 7) is 11.0. The van der Waals surface area contributed by atoms with Crippen LogP contribution in [0.1, 0.15) is 48.0 Å².